The van der Waals surface area contributed by atoms with Gasteiger partial charge >= 0.3 is 11.7 Å². The molecule has 3 aromatic carbocycles. The van der Waals surface area contributed by atoms with Crippen molar-refractivity contribution >= 4 is 17.3 Å². The van der Waals surface area contributed by atoms with Gasteiger partial charge in [-0.05, 0) is 80.2 Å². The Labute approximate surface area is 335 Å². The summed E-state index contributed by atoms with van der Waals surface area (Å²) in [5.41, 5.74) is 0.611. The summed E-state index contributed by atoms with van der Waals surface area (Å²) in [7, 11) is 0. The number of aromatic nitrogens is 6. The van der Waals surface area contributed by atoms with E-state index in [-0.39, 0.29) is 31.2 Å². The topological polar surface area (TPSA) is 145 Å². The average molecular weight is 802 g/mol. The van der Waals surface area contributed by atoms with Crippen LogP contribution in [-0.4, -0.2) is 104 Å². The van der Waals surface area contributed by atoms with Crippen molar-refractivity contribution in [2.75, 3.05) is 62.3 Å². The van der Waals surface area contributed by atoms with Gasteiger partial charge < -0.3 is 29.1 Å². The summed E-state index contributed by atoms with van der Waals surface area (Å²) < 4.78 is 51.0. The number of aliphatic carboxylic acids is 1. The quantitative estimate of drug-likeness (QED) is 0.148. The van der Waals surface area contributed by atoms with E-state index in [2.05, 4.69) is 25.0 Å². The number of nitrogens with zero attached hydrogens (tertiary/aromatic N) is 9. The summed E-state index contributed by atoms with van der Waals surface area (Å²) in [6, 6.07) is 18.7. The van der Waals surface area contributed by atoms with Gasteiger partial charge in [-0.25, -0.2) is 32.6 Å². The number of anilines is 2. The van der Waals surface area contributed by atoms with Crippen LogP contribution >= 0.6 is 0 Å². The predicted octanol–water partition coefficient (Wildman–Crippen LogP) is 4.70. The molecule has 0 aliphatic carbocycles. The summed E-state index contributed by atoms with van der Waals surface area (Å²) in [6.45, 7) is 11.8. The minimum atomic E-state index is -1.61. The molecule has 1 N–H and O–H groups in total. The van der Waals surface area contributed by atoms with E-state index in [9.17, 15) is 23.5 Å². The highest BCUT2D eigenvalue weighted by Crippen LogP contribution is 2.38. The van der Waals surface area contributed by atoms with E-state index in [1.807, 2.05) is 76.2 Å². The second-order valence-corrected chi connectivity index (χ2v) is 14.5. The molecule has 2 aliphatic heterocycles. The van der Waals surface area contributed by atoms with Crippen LogP contribution in [0.25, 0.3) is 5.69 Å². The first-order valence-electron chi connectivity index (χ1n) is 19.6. The van der Waals surface area contributed by atoms with Crippen molar-refractivity contribution < 1.29 is 32.9 Å². The van der Waals surface area contributed by atoms with Gasteiger partial charge in [0, 0.05) is 55.1 Å². The third-order valence-corrected chi connectivity index (χ3v) is 11.3. The fraction of sp³-hybridized carbons (Fsp3) is 0.439. The normalized spacial score (nSPS) is 20.0. The molecule has 58 heavy (non-hydrogen) atoms. The average Bonchev–Trinajstić information content (AvgIpc) is 4.00. The largest absolute Gasteiger partial charge is 0.491 e. The standard InChI is InChI=1S/C41H49F2N9O6/c1-5-29(4)41(38(53)54,49(6-2)7-3)52-39(55)51(28-46-52)33-11-9-31(10-12-33)47-18-20-48(21-19-47)32-13-15-34(16-14-32)56-23-35-24-57-40(58-35,25-50-27-44-26-45-50)36-17-8-30(42)22-37(36)43/h8-17,22,26-29,35H,5-7,18-21,23-25H2,1-4H3,(H,53,54). The third kappa shape index (κ3) is 7.68. The molecule has 4 unspecified atom stereocenters. The Morgan fingerprint density at radius 2 is 1.59 bits per heavy atom. The van der Waals surface area contributed by atoms with Crippen LogP contribution in [0.5, 0.6) is 5.75 Å². The number of hydrogen-bond acceptors (Lipinski definition) is 11. The van der Waals surface area contributed by atoms with Crippen molar-refractivity contribution in [1.29, 1.82) is 0 Å². The van der Waals surface area contributed by atoms with E-state index in [0.717, 1.165) is 54.4 Å². The molecule has 0 bridgehead atoms. The smallest absolute Gasteiger partial charge is 0.352 e. The molecule has 15 nitrogen and oxygen atoms in total. The van der Waals surface area contributed by atoms with Gasteiger partial charge in [-0.3, -0.25) is 4.90 Å². The number of carbonyl (C=O) groups is 1. The first kappa shape index (κ1) is 40.5. The molecule has 2 saturated heterocycles. The molecule has 2 aliphatic rings. The second-order valence-electron chi connectivity index (χ2n) is 14.5. The summed E-state index contributed by atoms with van der Waals surface area (Å²) in [5.74, 6) is -3.86. The van der Waals surface area contributed by atoms with Gasteiger partial charge in [-0.2, -0.15) is 14.9 Å². The zero-order valence-corrected chi connectivity index (χ0v) is 33.1. The van der Waals surface area contributed by atoms with Crippen LogP contribution in [0, 0.1) is 17.6 Å². The number of piperazine rings is 1. The number of ether oxygens (including phenoxy) is 3. The Hall–Kier alpha value is -5.65. The molecule has 4 heterocycles. The highest BCUT2D eigenvalue weighted by molar-refractivity contribution is 5.76. The molecule has 0 saturated carbocycles. The van der Waals surface area contributed by atoms with Crippen LogP contribution in [0.2, 0.25) is 0 Å². The lowest BCUT2D eigenvalue weighted by Crippen LogP contribution is -2.63. The molecule has 0 amide bonds. The summed E-state index contributed by atoms with van der Waals surface area (Å²) >= 11 is 0. The van der Waals surface area contributed by atoms with E-state index in [1.165, 1.54) is 34.3 Å². The molecule has 7 rings (SSSR count). The number of likely N-dealkylation sites (N-methyl/N-ethyl adjacent to an activating group) is 1. The number of hydrogen-bond donors (Lipinski definition) is 1. The van der Waals surface area contributed by atoms with Crippen molar-refractivity contribution in [3.05, 3.63) is 113 Å². The fourth-order valence-electron chi connectivity index (χ4n) is 8.07. The number of carboxylic acids is 1. The number of rotatable bonds is 16. The van der Waals surface area contributed by atoms with Crippen molar-refractivity contribution in [2.24, 2.45) is 5.92 Å². The van der Waals surface area contributed by atoms with Crippen LogP contribution in [0.3, 0.4) is 0 Å². The summed E-state index contributed by atoms with van der Waals surface area (Å²) in [4.78, 5) is 37.0. The molecule has 2 fully saturated rings. The van der Waals surface area contributed by atoms with Crippen LogP contribution in [0.1, 0.15) is 39.7 Å². The third-order valence-electron chi connectivity index (χ3n) is 11.3. The Kier molecular flexibility index (Phi) is 11.9. The lowest BCUT2D eigenvalue weighted by Gasteiger charge is -2.42. The highest BCUT2D eigenvalue weighted by atomic mass is 19.1. The zero-order valence-electron chi connectivity index (χ0n) is 33.1. The van der Waals surface area contributed by atoms with Crippen LogP contribution in [0.15, 0.2) is 90.5 Å². The van der Waals surface area contributed by atoms with Crippen LogP contribution < -0.4 is 20.2 Å². The van der Waals surface area contributed by atoms with E-state index in [0.29, 0.717) is 30.9 Å². The maximum Gasteiger partial charge on any atom is 0.352 e. The molecule has 308 valence electrons. The second kappa shape index (κ2) is 17.1. The van der Waals surface area contributed by atoms with E-state index >= 15 is 0 Å². The minimum Gasteiger partial charge on any atom is -0.491 e. The van der Waals surface area contributed by atoms with Gasteiger partial charge in [-0.15, -0.1) is 0 Å². The van der Waals surface area contributed by atoms with Gasteiger partial charge in [0.25, 0.3) is 0 Å². The highest BCUT2D eigenvalue weighted by Gasteiger charge is 2.52. The van der Waals surface area contributed by atoms with Gasteiger partial charge in [0.15, 0.2) is 0 Å². The van der Waals surface area contributed by atoms with Crippen molar-refractivity contribution in [1.82, 2.24) is 34.0 Å². The molecule has 4 atom stereocenters. The monoisotopic (exact) mass is 801 g/mol. The molecule has 0 spiro atoms. The lowest BCUT2D eigenvalue weighted by atomic mass is 9.89. The minimum absolute atomic E-state index is 0.0138. The van der Waals surface area contributed by atoms with Crippen molar-refractivity contribution in [2.45, 2.75) is 58.2 Å². The SMILES string of the molecule is CCC(C)C(C(=O)O)(N(CC)CC)n1ncn(-c2ccc(N3CCN(c4ccc(OCC5COC(Cn6cncn6)(c6ccc(F)cc6F)O5)cc4)CC3)cc2)c1=O. The summed E-state index contributed by atoms with van der Waals surface area (Å²) in [6.07, 6.45) is 4.25. The Morgan fingerprint density at radius 1 is 0.948 bits per heavy atom. The van der Waals surface area contributed by atoms with Crippen molar-refractivity contribution in [3.63, 3.8) is 0 Å². The first-order valence-corrected chi connectivity index (χ1v) is 19.6. The molecule has 5 aromatic rings. The number of halogens is 2. The van der Waals surface area contributed by atoms with Crippen LogP contribution in [-0.2, 0) is 32.3 Å². The number of benzene rings is 3. The molecule has 17 heteroatoms. The Bertz CT molecular complexity index is 2210. The van der Waals surface area contributed by atoms with Gasteiger partial charge in [-0.1, -0.05) is 27.7 Å². The van der Waals surface area contributed by atoms with Gasteiger partial charge in [0.05, 0.1) is 12.3 Å². The van der Waals surface area contributed by atoms with Crippen molar-refractivity contribution in [3.8, 4) is 11.4 Å². The number of carboxylic acid groups (broad SMARTS) is 1. The molecule has 2 aromatic heterocycles. The molecule has 0 radical (unpaired) electrons. The lowest BCUT2D eigenvalue weighted by molar-refractivity contribution is -0.192. The predicted molar refractivity (Wildman–Crippen MR) is 211 cm³/mol. The van der Waals surface area contributed by atoms with E-state index in [1.54, 1.807) is 4.90 Å². The maximum atomic E-state index is 14.9. The van der Waals surface area contributed by atoms with Gasteiger partial charge in [0.1, 0.15) is 55.6 Å². The Balaban J connectivity index is 0.949. The van der Waals surface area contributed by atoms with Gasteiger partial charge in [0.2, 0.25) is 11.4 Å². The van der Waals surface area contributed by atoms with E-state index < -0.39 is 40.8 Å². The molecular formula is C41H49F2N9O6. The van der Waals surface area contributed by atoms with Crippen LogP contribution in [0.4, 0.5) is 20.2 Å². The fourth-order valence-corrected chi connectivity index (χ4v) is 8.07. The molecular weight excluding hydrogens is 753 g/mol. The summed E-state index contributed by atoms with van der Waals surface area (Å²) in [5, 5.41) is 19.0. The van der Waals surface area contributed by atoms with E-state index in [4.69, 9.17) is 14.2 Å². The Morgan fingerprint density at radius 3 is 2.16 bits per heavy atom. The maximum absolute atomic E-state index is 14.9. The zero-order chi connectivity index (χ0) is 41.0. The first-order chi connectivity index (χ1) is 28.0.